The predicted octanol–water partition coefficient (Wildman–Crippen LogP) is 4.13. The molecule has 0 aliphatic carbocycles. The molecule has 0 N–H and O–H groups in total. The van der Waals surface area contributed by atoms with Crippen LogP contribution in [0.4, 0.5) is 0 Å². The lowest BCUT2D eigenvalue weighted by molar-refractivity contribution is 0.0473. The first-order valence-electron chi connectivity index (χ1n) is 10.9. The molecular weight excluding hydrogens is 442 g/mol. The number of rotatable bonds is 5. The number of sulfonamides is 1. The van der Waals surface area contributed by atoms with Crippen LogP contribution in [0.2, 0.25) is 0 Å². The van der Waals surface area contributed by atoms with Crippen molar-refractivity contribution in [1.82, 2.24) is 4.31 Å². The molecule has 0 bridgehead atoms. The van der Waals surface area contributed by atoms with E-state index in [9.17, 15) is 18.0 Å². The summed E-state index contributed by atoms with van der Waals surface area (Å²) in [5, 5.41) is 0.678. The summed E-state index contributed by atoms with van der Waals surface area (Å²) >= 11 is 0. The van der Waals surface area contributed by atoms with Gasteiger partial charge in [-0.15, -0.1) is 0 Å². The van der Waals surface area contributed by atoms with Gasteiger partial charge in [-0.1, -0.05) is 32.0 Å². The fourth-order valence-corrected chi connectivity index (χ4v) is 6.14. The Balaban J connectivity index is 1.54. The Morgan fingerprint density at radius 2 is 1.82 bits per heavy atom. The molecule has 1 aromatic heterocycles. The third-order valence-electron chi connectivity index (χ3n) is 5.89. The highest BCUT2D eigenvalue weighted by Crippen LogP contribution is 2.27. The van der Waals surface area contributed by atoms with Crippen molar-refractivity contribution in [3.8, 4) is 0 Å². The van der Waals surface area contributed by atoms with Crippen LogP contribution in [-0.2, 0) is 21.4 Å². The maximum absolute atomic E-state index is 13.2. The molecule has 3 aromatic rings. The van der Waals surface area contributed by atoms with Gasteiger partial charge in [0.15, 0.2) is 0 Å². The van der Waals surface area contributed by atoms with Crippen molar-refractivity contribution in [3.63, 3.8) is 0 Å². The Bertz CT molecular complexity index is 1350. The average molecular weight is 470 g/mol. The van der Waals surface area contributed by atoms with Crippen LogP contribution in [0.25, 0.3) is 11.0 Å². The fraction of sp³-hybridized carbons (Fsp3) is 0.360. The van der Waals surface area contributed by atoms with Crippen LogP contribution in [0.5, 0.6) is 0 Å². The summed E-state index contributed by atoms with van der Waals surface area (Å²) in [7, 11) is -3.72. The highest BCUT2D eigenvalue weighted by molar-refractivity contribution is 7.89. The van der Waals surface area contributed by atoms with E-state index in [1.165, 1.54) is 34.6 Å². The van der Waals surface area contributed by atoms with Gasteiger partial charge < -0.3 is 9.15 Å². The molecule has 1 fully saturated rings. The van der Waals surface area contributed by atoms with Crippen LogP contribution >= 0.6 is 0 Å². The van der Waals surface area contributed by atoms with E-state index in [1.54, 1.807) is 6.07 Å². The van der Waals surface area contributed by atoms with Crippen molar-refractivity contribution in [3.05, 3.63) is 75.6 Å². The lowest BCUT2D eigenvalue weighted by Gasteiger charge is -2.34. The quantitative estimate of drug-likeness (QED) is 0.412. The van der Waals surface area contributed by atoms with Crippen LogP contribution in [0.3, 0.4) is 0 Å². The van der Waals surface area contributed by atoms with E-state index >= 15 is 0 Å². The number of nitrogens with zero attached hydrogens (tertiary/aromatic N) is 1. The second-order valence-electron chi connectivity index (χ2n) is 8.96. The molecule has 0 saturated carbocycles. The van der Waals surface area contributed by atoms with Gasteiger partial charge >= 0.3 is 11.6 Å². The zero-order valence-corrected chi connectivity index (χ0v) is 19.7. The summed E-state index contributed by atoms with van der Waals surface area (Å²) in [5.74, 6) is -0.112. The van der Waals surface area contributed by atoms with E-state index in [2.05, 4.69) is 0 Å². The molecule has 2 atom stereocenters. The molecule has 174 valence electrons. The van der Waals surface area contributed by atoms with Gasteiger partial charge in [0.2, 0.25) is 10.0 Å². The van der Waals surface area contributed by atoms with Crippen molar-refractivity contribution in [2.75, 3.05) is 13.1 Å². The minimum absolute atomic E-state index is 0.0690. The van der Waals surface area contributed by atoms with Crippen LogP contribution in [-0.4, -0.2) is 31.8 Å². The summed E-state index contributed by atoms with van der Waals surface area (Å²) < 4.78 is 38.5. The van der Waals surface area contributed by atoms with E-state index in [4.69, 9.17) is 9.15 Å². The number of piperidine rings is 1. The monoisotopic (exact) mass is 469 g/mol. The second-order valence-corrected chi connectivity index (χ2v) is 10.9. The number of ether oxygens (including phenoxy) is 1. The summed E-state index contributed by atoms with van der Waals surface area (Å²) in [4.78, 5) is 24.7. The first-order valence-corrected chi connectivity index (χ1v) is 12.4. The van der Waals surface area contributed by atoms with Crippen LogP contribution in [0, 0.1) is 18.8 Å². The predicted molar refractivity (Wildman–Crippen MR) is 124 cm³/mol. The molecule has 8 heteroatoms. The molecule has 1 aliphatic heterocycles. The van der Waals surface area contributed by atoms with Crippen LogP contribution < -0.4 is 5.63 Å². The lowest BCUT2D eigenvalue weighted by atomic mass is 9.94. The topological polar surface area (TPSA) is 93.9 Å². The number of benzene rings is 2. The Morgan fingerprint density at radius 3 is 2.55 bits per heavy atom. The number of carbonyl (C=O) groups is 1. The molecule has 0 amide bonds. The normalized spacial score (nSPS) is 19.5. The van der Waals surface area contributed by atoms with Crippen molar-refractivity contribution in [1.29, 1.82) is 0 Å². The van der Waals surface area contributed by atoms with Gasteiger partial charge in [-0.2, -0.15) is 4.31 Å². The van der Waals surface area contributed by atoms with Gasteiger partial charge in [0.1, 0.15) is 12.2 Å². The molecule has 2 unspecified atom stereocenters. The van der Waals surface area contributed by atoms with E-state index in [1.807, 2.05) is 32.9 Å². The standard InChI is InChI=1S/C25H27NO6S/c1-16-7-8-22-20(12-24(27)32-23(22)10-16)15-31-25(28)19-5-4-6-21(11-19)33(29,30)26-13-17(2)9-18(3)14-26/h4-8,10-12,17-18H,9,13-15H2,1-3H3. The van der Waals surface area contributed by atoms with Crippen LogP contribution in [0.15, 0.2) is 62.6 Å². The minimum atomic E-state index is -3.72. The Morgan fingerprint density at radius 1 is 1.09 bits per heavy atom. The number of esters is 1. The third kappa shape index (κ3) is 5.02. The molecule has 1 aliphatic rings. The second kappa shape index (κ2) is 9.11. The maximum atomic E-state index is 13.2. The first-order chi connectivity index (χ1) is 15.6. The summed E-state index contributed by atoms with van der Waals surface area (Å²) in [6.07, 6.45) is 0.991. The van der Waals surface area contributed by atoms with Crippen LogP contribution in [0.1, 0.15) is 41.8 Å². The van der Waals surface area contributed by atoms with Gasteiger partial charge in [0.05, 0.1) is 10.5 Å². The highest BCUT2D eigenvalue weighted by atomic mass is 32.2. The van der Waals surface area contributed by atoms with E-state index in [-0.39, 0.29) is 28.9 Å². The van der Waals surface area contributed by atoms with Crippen molar-refractivity contribution >= 4 is 27.0 Å². The molecule has 2 heterocycles. The summed E-state index contributed by atoms with van der Waals surface area (Å²) in [6.45, 7) is 6.76. The van der Waals surface area contributed by atoms with E-state index < -0.39 is 21.6 Å². The number of aryl methyl sites for hydroxylation is 1. The van der Waals surface area contributed by atoms with Gasteiger partial charge in [-0.05, 0) is 55.0 Å². The Hall–Kier alpha value is -2.97. The van der Waals surface area contributed by atoms with Crippen molar-refractivity contribution in [2.45, 2.75) is 38.7 Å². The van der Waals surface area contributed by atoms with Crippen molar-refractivity contribution < 1.29 is 22.4 Å². The Kier molecular flexibility index (Phi) is 6.41. The first kappa shape index (κ1) is 23.2. The fourth-order valence-electron chi connectivity index (χ4n) is 4.42. The number of hydrogen-bond acceptors (Lipinski definition) is 6. The summed E-state index contributed by atoms with van der Waals surface area (Å²) in [5.41, 5.74) is 1.49. The summed E-state index contributed by atoms with van der Waals surface area (Å²) in [6, 6.07) is 12.6. The van der Waals surface area contributed by atoms with Gasteiger partial charge in [0.25, 0.3) is 0 Å². The minimum Gasteiger partial charge on any atom is -0.457 e. The number of carbonyl (C=O) groups excluding carboxylic acids is 1. The number of hydrogen-bond donors (Lipinski definition) is 0. The number of fused-ring (bicyclic) bond motifs is 1. The molecule has 33 heavy (non-hydrogen) atoms. The highest BCUT2D eigenvalue weighted by Gasteiger charge is 2.32. The molecular formula is C25H27NO6S. The SMILES string of the molecule is Cc1ccc2c(COC(=O)c3cccc(S(=O)(=O)N4CC(C)CC(C)C4)c3)cc(=O)oc2c1. The largest absolute Gasteiger partial charge is 0.457 e. The zero-order chi connectivity index (χ0) is 23.8. The molecule has 4 rings (SSSR count). The van der Waals surface area contributed by atoms with Gasteiger partial charge in [-0.3, -0.25) is 0 Å². The molecule has 0 spiro atoms. The maximum Gasteiger partial charge on any atom is 0.338 e. The lowest BCUT2D eigenvalue weighted by Crippen LogP contribution is -2.42. The molecule has 2 aromatic carbocycles. The van der Waals surface area contributed by atoms with Gasteiger partial charge in [0, 0.05) is 30.1 Å². The average Bonchev–Trinajstić information content (AvgIpc) is 2.76. The smallest absolute Gasteiger partial charge is 0.338 e. The molecule has 0 radical (unpaired) electrons. The molecule has 1 saturated heterocycles. The van der Waals surface area contributed by atoms with Crippen molar-refractivity contribution in [2.24, 2.45) is 11.8 Å². The Labute approximate surface area is 193 Å². The molecule has 7 nitrogen and oxygen atoms in total. The zero-order valence-electron chi connectivity index (χ0n) is 18.9. The third-order valence-corrected chi connectivity index (χ3v) is 7.71. The van der Waals surface area contributed by atoms with E-state index in [0.29, 0.717) is 29.6 Å². The van der Waals surface area contributed by atoms with E-state index in [0.717, 1.165) is 12.0 Å². The van der Waals surface area contributed by atoms with Gasteiger partial charge in [-0.25, -0.2) is 18.0 Å².